The van der Waals surface area contributed by atoms with Crippen LogP contribution in [-0.2, 0) is 9.47 Å². The van der Waals surface area contributed by atoms with E-state index in [2.05, 4.69) is 63.1 Å². The molecule has 4 aromatic rings. The number of nitrogens with zero attached hydrogens (tertiary/aromatic N) is 4. The van der Waals surface area contributed by atoms with Crippen LogP contribution in [0, 0.1) is 34.9 Å². The zero-order valence-corrected chi connectivity index (χ0v) is 34.2. The van der Waals surface area contributed by atoms with Gasteiger partial charge in [-0.1, -0.05) is 53.5 Å². The van der Waals surface area contributed by atoms with Crippen LogP contribution in [0.4, 0.5) is 22.4 Å². The highest BCUT2D eigenvalue weighted by molar-refractivity contribution is 6.90. The monoisotopic (exact) mass is 778 g/mol. The predicted octanol–water partition coefficient (Wildman–Crippen LogP) is 10.2. The number of hydrogen-bond donors (Lipinski definition) is 0. The second-order valence-corrected chi connectivity index (χ2v) is 23.0. The highest BCUT2D eigenvalue weighted by Crippen LogP contribution is 2.61. The summed E-state index contributed by atoms with van der Waals surface area (Å²) in [6.07, 6.45) is 0.616. The maximum absolute atomic E-state index is 17.4. The number of amides is 1. The molecule has 1 amide bonds. The highest BCUT2D eigenvalue weighted by atomic mass is 28.3. The molecule has 55 heavy (non-hydrogen) atoms. The maximum atomic E-state index is 17.4. The van der Waals surface area contributed by atoms with E-state index in [4.69, 9.17) is 14.2 Å². The van der Waals surface area contributed by atoms with Crippen molar-refractivity contribution in [1.29, 1.82) is 0 Å². The summed E-state index contributed by atoms with van der Waals surface area (Å²) < 4.78 is 80.7. The summed E-state index contributed by atoms with van der Waals surface area (Å²) in [5.41, 5.74) is 4.42. The number of carbonyl (C=O) groups excluding carboxylic acids is 1. The first-order chi connectivity index (χ1) is 25.8. The van der Waals surface area contributed by atoms with E-state index < -0.39 is 49.8 Å². The molecule has 3 fully saturated rings. The van der Waals surface area contributed by atoms with Crippen molar-refractivity contribution in [2.45, 2.75) is 109 Å². The first-order valence-corrected chi connectivity index (χ1v) is 21.4. The molecule has 13 heteroatoms. The number of hydrogen-bond acceptors (Lipinski definition) is 6. The van der Waals surface area contributed by atoms with Crippen molar-refractivity contribution >= 4 is 35.8 Å². The number of alkyl halides is 2. The quantitative estimate of drug-likeness (QED) is 0.0729. The van der Waals surface area contributed by atoms with E-state index in [1.54, 1.807) is 23.1 Å². The van der Waals surface area contributed by atoms with E-state index in [1.807, 2.05) is 20.8 Å². The number of likely N-dealkylation sites (tertiary alicyclic amines) is 1. The van der Waals surface area contributed by atoms with Crippen LogP contribution in [0.25, 0.3) is 32.9 Å². The molecule has 0 bridgehead atoms. The second-order valence-electron chi connectivity index (χ2n) is 17.4. The van der Waals surface area contributed by atoms with Crippen molar-refractivity contribution in [3.63, 3.8) is 0 Å². The van der Waals surface area contributed by atoms with E-state index in [0.717, 1.165) is 4.68 Å². The Morgan fingerprint density at radius 2 is 1.67 bits per heavy atom. The van der Waals surface area contributed by atoms with Crippen molar-refractivity contribution in [1.82, 2.24) is 19.7 Å². The minimum Gasteiger partial charge on any atom is -0.468 e. The van der Waals surface area contributed by atoms with Gasteiger partial charge in [-0.25, -0.2) is 22.4 Å². The molecule has 3 heterocycles. The van der Waals surface area contributed by atoms with Gasteiger partial charge >= 0.3 is 6.09 Å². The third-order valence-corrected chi connectivity index (χ3v) is 18.2. The molecular weight excluding hydrogens is 729 g/mol. The number of piperidine rings is 1. The fraction of sp³-hybridized carbons (Fsp3) is 0.548. The number of aromatic nitrogens is 3. The topological polar surface area (TPSA) is 78.7 Å². The lowest BCUT2D eigenvalue weighted by Gasteiger charge is -2.38. The SMILES string of the molecule is COCOc1cc(-c2ncc3c(C4C5CN(C(=O)OC(C)(C)C)CC54)nn(C4CC4(F)F)c3c2F)c2c(C#C[Si](C(C)C)(C(C)C)C(C)C)c(F)ccc2c1. The molecule has 3 aliphatic rings. The van der Waals surface area contributed by atoms with Crippen molar-refractivity contribution < 1.29 is 36.6 Å². The smallest absolute Gasteiger partial charge is 0.410 e. The average molecular weight is 779 g/mol. The molecule has 7 rings (SSSR count). The van der Waals surface area contributed by atoms with Crippen LogP contribution >= 0.6 is 0 Å². The normalized spacial score (nSPS) is 21.7. The molecule has 2 aromatic heterocycles. The third-order valence-electron chi connectivity index (χ3n) is 11.9. The molecule has 2 aromatic carbocycles. The Morgan fingerprint density at radius 1 is 1.04 bits per heavy atom. The Morgan fingerprint density at radius 3 is 2.24 bits per heavy atom. The summed E-state index contributed by atoms with van der Waals surface area (Å²) in [5, 5.41) is 5.92. The molecule has 0 spiro atoms. The summed E-state index contributed by atoms with van der Waals surface area (Å²) in [4.78, 5) is 19.1. The van der Waals surface area contributed by atoms with E-state index in [9.17, 15) is 13.6 Å². The molecule has 3 atom stereocenters. The molecule has 0 radical (unpaired) electrons. The van der Waals surface area contributed by atoms with Gasteiger partial charge in [0.05, 0.1) is 11.3 Å². The maximum Gasteiger partial charge on any atom is 0.410 e. The molecule has 2 aliphatic carbocycles. The van der Waals surface area contributed by atoms with Gasteiger partial charge in [0, 0.05) is 55.1 Å². The molecular formula is C42H50F4N4O4Si. The minimum absolute atomic E-state index is 0.0300. The van der Waals surface area contributed by atoms with Crippen LogP contribution in [0.3, 0.4) is 0 Å². The number of benzene rings is 2. The number of fused-ring (bicyclic) bond motifs is 3. The van der Waals surface area contributed by atoms with Crippen LogP contribution < -0.4 is 4.74 Å². The zero-order valence-electron chi connectivity index (χ0n) is 33.2. The van der Waals surface area contributed by atoms with Crippen LogP contribution in [0.5, 0.6) is 5.75 Å². The van der Waals surface area contributed by atoms with Gasteiger partial charge in [0.15, 0.2) is 12.6 Å². The summed E-state index contributed by atoms with van der Waals surface area (Å²) in [6.45, 7) is 19.2. The Kier molecular flexibility index (Phi) is 9.81. The van der Waals surface area contributed by atoms with Crippen LogP contribution in [-0.4, -0.2) is 72.3 Å². The summed E-state index contributed by atoms with van der Waals surface area (Å²) in [6, 6.07) is 4.91. The van der Waals surface area contributed by atoms with E-state index in [-0.39, 0.29) is 63.5 Å². The molecule has 1 aliphatic heterocycles. The molecule has 1 saturated heterocycles. The van der Waals surface area contributed by atoms with Gasteiger partial charge in [-0.2, -0.15) is 5.10 Å². The Hall–Kier alpha value is -4.15. The summed E-state index contributed by atoms with van der Waals surface area (Å²) in [7, 11) is -0.847. The Bertz CT molecular complexity index is 2200. The first kappa shape index (κ1) is 39.1. The number of rotatable bonds is 9. The van der Waals surface area contributed by atoms with Gasteiger partial charge in [-0.3, -0.25) is 9.67 Å². The number of halogens is 4. The molecule has 0 N–H and O–H groups in total. The van der Waals surface area contributed by atoms with Gasteiger partial charge < -0.3 is 19.1 Å². The highest BCUT2D eigenvalue weighted by Gasteiger charge is 2.62. The van der Waals surface area contributed by atoms with Crippen molar-refractivity contribution in [3.8, 4) is 28.5 Å². The third kappa shape index (κ3) is 6.77. The van der Waals surface area contributed by atoms with Gasteiger partial charge in [-0.15, -0.1) is 5.54 Å². The number of pyridine rings is 1. The van der Waals surface area contributed by atoms with Crippen LogP contribution in [0.1, 0.15) is 92.0 Å². The van der Waals surface area contributed by atoms with Crippen molar-refractivity contribution in [2.24, 2.45) is 11.8 Å². The minimum atomic E-state index is -3.05. The molecule has 3 unspecified atom stereocenters. The van der Waals surface area contributed by atoms with Crippen LogP contribution in [0.15, 0.2) is 30.5 Å². The first-order valence-electron chi connectivity index (χ1n) is 19.1. The summed E-state index contributed by atoms with van der Waals surface area (Å²) >= 11 is 0. The lowest BCUT2D eigenvalue weighted by Crippen LogP contribution is -2.43. The van der Waals surface area contributed by atoms with Gasteiger partial charge in [0.2, 0.25) is 0 Å². The second kappa shape index (κ2) is 13.8. The fourth-order valence-electron chi connectivity index (χ4n) is 9.18. The van der Waals surface area contributed by atoms with Crippen molar-refractivity contribution in [3.05, 3.63) is 53.4 Å². The molecule has 8 nitrogen and oxygen atoms in total. The van der Waals surface area contributed by atoms with E-state index >= 15 is 8.78 Å². The average Bonchev–Trinajstić information content (AvgIpc) is 3.77. The molecule has 2 saturated carbocycles. The largest absolute Gasteiger partial charge is 0.468 e. The summed E-state index contributed by atoms with van der Waals surface area (Å²) in [5.74, 6) is -0.957. The van der Waals surface area contributed by atoms with Gasteiger partial charge in [0.25, 0.3) is 5.92 Å². The lowest BCUT2D eigenvalue weighted by atomic mass is 9.95. The predicted molar refractivity (Wildman–Crippen MR) is 207 cm³/mol. The molecule has 294 valence electrons. The number of carbonyl (C=O) groups is 1. The standard InChI is InChI=1S/C42H50F4N4O4Si/c1-22(2)55(23(3)4,24(5)6)14-13-27-32(43)12-11-25-15-26(53-21-52-10)16-28(34(25)27)38-36(44)39-29(18-47-38)37(48-50(39)33-17-42(33,45)46)35-30-19-49(20-31(30)35)40(51)54-41(7,8)9/h11-12,15-16,18,22-24,30-31,33,35H,17,19-21H2,1-10H3. The zero-order chi connectivity index (χ0) is 39.9. The Balaban J connectivity index is 1.39. The Labute approximate surface area is 320 Å². The fourth-order valence-corrected chi connectivity index (χ4v) is 14.4. The van der Waals surface area contributed by atoms with E-state index in [1.165, 1.54) is 19.4 Å². The van der Waals surface area contributed by atoms with Gasteiger partial charge in [-0.05, 0) is 72.8 Å². The number of methoxy groups -OCH3 is 1. The van der Waals surface area contributed by atoms with Crippen LogP contribution in [0.2, 0.25) is 16.6 Å². The number of ether oxygens (including phenoxy) is 3. The van der Waals surface area contributed by atoms with E-state index in [0.29, 0.717) is 40.7 Å². The lowest BCUT2D eigenvalue weighted by molar-refractivity contribution is 0.0270. The van der Waals surface area contributed by atoms with Crippen molar-refractivity contribution in [2.75, 3.05) is 27.0 Å². The van der Waals surface area contributed by atoms with Gasteiger partial charge in [0.1, 0.15) is 42.5 Å².